The first kappa shape index (κ1) is 17.7. The third kappa shape index (κ3) is 3.82. The van der Waals surface area contributed by atoms with Gasteiger partial charge in [0.25, 0.3) is 5.91 Å². The van der Waals surface area contributed by atoms with Crippen LogP contribution in [0, 0.1) is 0 Å². The van der Waals surface area contributed by atoms with Crippen LogP contribution in [0.15, 0.2) is 54.6 Å². The molecule has 1 amide bonds. The Kier molecular flexibility index (Phi) is 5.97. The molecule has 3 rings (SSSR count). The van der Waals surface area contributed by atoms with Gasteiger partial charge in [-0.1, -0.05) is 43.3 Å². The van der Waals surface area contributed by atoms with Gasteiger partial charge in [-0.2, -0.15) is 11.8 Å². The zero-order valence-corrected chi connectivity index (χ0v) is 14.6. The van der Waals surface area contributed by atoms with Gasteiger partial charge in [0.2, 0.25) is 0 Å². The fraction of sp³-hybridized carbons (Fsp3) is 0.278. The van der Waals surface area contributed by atoms with Gasteiger partial charge >= 0.3 is 0 Å². The maximum atomic E-state index is 12.9. The average Bonchev–Trinajstić information content (AvgIpc) is 2.55. The van der Waals surface area contributed by atoms with Crippen molar-refractivity contribution in [1.29, 1.82) is 0 Å². The minimum atomic E-state index is 0. The zero-order chi connectivity index (χ0) is 15.5. The Bertz CT molecular complexity index is 665. The first-order valence-corrected chi connectivity index (χ1v) is 8.55. The van der Waals surface area contributed by atoms with Gasteiger partial charge in [-0.05, 0) is 23.8 Å². The smallest absolute Gasteiger partial charge is 0.254 e. The summed E-state index contributed by atoms with van der Waals surface area (Å²) in [7, 11) is 0. The number of thioether (sulfide) groups is 1. The van der Waals surface area contributed by atoms with E-state index in [0.29, 0.717) is 16.5 Å². The largest absolute Gasteiger partial charge is 0.399 e. The van der Waals surface area contributed by atoms with E-state index in [4.69, 9.17) is 5.73 Å². The molecule has 5 heteroatoms. The third-order valence-electron chi connectivity index (χ3n) is 4.03. The van der Waals surface area contributed by atoms with Crippen LogP contribution in [0.4, 0.5) is 5.69 Å². The van der Waals surface area contributed by atoms with E-state index in [-0.39, 0.29) is 24.4 Å². The van der Waals surface area contributed by atoms with Gasteiger partial charge in [0.05, 0.1) is 6.04 Å². The van der Waals surface area contributed by atoms with E-state index in [0.717, 1.165) is 12.3 Å². The molecule has 2 aromatic carbocycles. The number of nitrogen functional groups attached to an aromatic ring is 1. The second-order valence-corrected chi connectivity index (χ2v) is 7.04. The van der Waals surface area contributed by atoms with Crippen LogP contribution in [-0.2, 0) is 0 Å². The summed E-state index contributed by atoms with van der Waals surface area (Å²) in [6.07, 6.45) is 0. The van der Waals surface area contributed by atoms with Crippen molar-refractivity contribution in [1.82, 2.24) is 4.90 Å². The van der Waals surface area contributed by atoms with E-state index >= 15 is 0 Å². The van der Waals surface area contributed by atoms with Crippen molar-refractivity contribution in [2.45, 2.75) is 18.2 Å². The van der Waals surface area contributed by atoms with Gasteiger partial charge < -0.3 is 10.6 Å². The minimum Gasteiger partial charge on any atom is -0.399 e. The van der Waals surface area contributed by atoms with Crippen molar-refractivity contribution in [2.75, 3.05) is 18.0 Å². The third-order valence-corrected chi connectivity index (χ3v) is 5.23. The molecule has 2 aromatic rings. The number of hydrogen-bond acceptors (Lipinski definition) is 3. The lowest BCUT2D eigenvalue weighted by Crippen LogP contribution is -2.44. The van der Waals surface area contributed by atoms with Gasteiger partial charge in [0.15, 0.2) is 0 Å². The molecule has 1 heterocycles. The Morgan fingerprint density at radius 2 is 1.91 bits per heavy atom. The van der Waals surface area contributed by atoms with Crippen LogP contribution >= 0.6 is 24.2 Å². The van der Waals surface area contributed by atoms with Crippen LogP contribution in [0.25, 0.3) is 0 Å². The Morgan fingerprint density at radius 3 is 2.61 bits per heavy atom. The number of amides is 1. The lowest BCUT2D eigenvalue weighted by molar-refractivity contribution is 0.0681. The second kappa shape index (κ2) is 7.75. The Morgan fingerprint density at radius 1 is 1.17 bits per heavy atom. The summed E-state index contributed by atoms with van der Waals surface area (Å²) in [6, 6.07) is 17.6. The van der Waals surface area contributed by atoms with Gasteiger partial charge in [0, 0.05) is 28.8 Å². The number of anilines is 1. The van der Waals surface area contributed by atoms with Crippen molar-refractivity contribution >= 4 is 35.8 Å². The molecule has 0 aliphatic carbocycles. The van der Waals surface area contributed by atoms with E-state index in [9.17, 15) is 4.79 Å². The fourth-order valence-electron chi connectivity index (χ4n) is 2.99. The normalized spacial score (nSPS) is 20.7. The van der Waals surface area contributed by atoms with E-state index < -0.39 is 0 Å². The molecule has 1 aliphatic rings. The number of halogens is 1. The molecule has 3 nitrogen and oxygen atoms in total. The van der Waals surface area contributed by atoms with Crippen molar-refractivity contribution < 1.29 is 4.79 Å². The highest BCUT2D eigenvalue weighted by Crippen LogP contribution is 2.36. The van der Waals surface area contributed by atoms with Crippen molar-refractivity contribution in [3.8, 4) is 0 Å². The molecule has 2 unspecified atom stereocenters. The number of nitrogens with zero attached hydrogens (tertiary/aromatic N) is 1. The second-order valence-electron chi connectivity index (χ2n) is 5.56. The summed E-state index contributed by atoms with van der Waals surface area (Å²) in [4.78, 5) is 14.9. The molecule has 0 radical (unpaired) electrons. The summed E-state index contributed by atoms with van der Waals surface area (Å²) >= 11 is 1.92. The van der Waals surface area contributed by atoms with Crippen LogP contribution in [0.5, 0.6) is 0 Å². The standard InChI is InChI=1S/C18H20N2OS.ClH/c1-13-17(14-6-3-2-4-7-14)20(10-11-22-13)18(21)15-8-5-9-16(19)12-15;/h2-9,12-13,17H,10-11,19H2,1H3;1H. The fourth-order valence-corrected chi connectivity index (χ4v) is 4.15. The monoisotopic (exact) mass is 348 g/mol. The van der Waals surface area contributed by atoms with Gasteiger partial charge in [-0.3, -0.25) is 4.79 Å². The number of hydrogen-bond donors (Lipinski definition) is 1. The van der Waals surface area contributed by atoms with Crippen molar-refractivity contribution in [2.24, 2.45) is 0 Å². The molecule has 1 saturated heterocycles. The van der Waals surface area contributed by atoms with Crippen LogP contribution in [0.2, 0.25) is 0 Å². The predicted octanol–water partition coefficient (Wildman–Crippen LogP) is 4.01. The summed E-state index contributed by atoms with van der Waals surface area (Å²) in [5, 5.41) is 0.376. The maximum Gasteiger partial charge on any atom is 0.254 e. The molecular formula is C18H21ClN2OS. The highest BCUT2D eigenvalue weighted by atomic mass is 35.5. The number of nitrogens with two attached hydrogens (primary N) is 1. The number of carbonyl (C=O) groups excluding carboxylic acids is 1. The summed E-state index contributed by atoms with van der Waals surface area (Å²) in [6.45, 7) is 2.96. The quantitative estimate of drug-likeness (QED) is 0.834. The highest BCUT2D eigenvalue weighted by molar-refractivity contribution is 8.00. The van der Waals surface area contributed by atoms with Crippen LogP contribution in [-0.4, -0.2) is 28.4 Å². The molecule has 2 atom stereocenters. The molecule has 1 aliphatic heterocycles. The molecule has 0 spiro atoms. The van der Waals surface area contributed by atoms with Crippen LogP contribution in [0.1, 0.15) is 28.9 Å². The van der Waals surface area contributed by atoms with E-state index in [1.165, 1.54) is 5.56 Å². The molecule has 122 valence electrons. The average molecular weight is 349 g/mol. The predicted molar refractivity (Wildman–Crippen MR) is 100 cm³/mol. The molecule has 0 bridgehead atoms. The number of benzene rings is 2. The van der Waals surface area contributed by atoms with E-state index in [1.54, 1.807) is 12.1 Å². The molecular weight excluding hydrogens is 328 g/mol. The van der Waals surface area contributed by atoms with Crippen LogP contribution in [0.3, 0.4) is 0 Å². The topological polar surface area (TPSA) is 46.3 Å². The molecule has 1 fully saturated rings. The summed E-state index contributed by atoms with van der Waals surface area (Å²) in [5.74, 6) is 1.03. The molecule has 23 heavy (non-hydrogen) atoms. The minimum absolute atomic E-state index is 0. The SMILES string of the molecule is CC1SCCN(C(=O)c2cccc(N)c2)C1c1ccccc1.Cl. The van der Waals surface area contributed by atoms with E-state index in [2.05, 4.69) is 19.1 Å². The number of carbonyl (C=O) groups is 1. The van der Waals surface area contributed by atoms with Gasteiger partial charge in [-0.15, -0.1) is 12.4 Å². The number of rotatable bonds is 2. The van der Waals surface area contributed by atoms with E-state index in [1.807, 2.05) is 47.0 Å². The van der Waals surface area contributed by atoms with Crippen LogP contribution < -0.4 is 5.73 Å². The Hall–Kier alpha value is -1.65. The highest BCUT2D eigenvalue weighted by Gasteiger charge is 2.33. The molecule has 0 aromatic heterocycles. The first-order chi connectivity index (χ1) is 10.7. The van der Waals surface area contributed by atoms with Gasteiger partial charge in [-0.25, -0.2) is 0 Å². The summed E-state index contributed by atoms with van der Waals surface area (Å²) in [5.41, 5.74) is 8.31. The summed E-state index contributed by atoms with van der Waals surface area (Å²) < 4.78 is 0. The maximum absolute atomic E-state index is 12.9. The lowest BCUT2D eigenvalue weighted by Gasteiger charge is -2.40. The molecule has 0 saturated carbocycles. The Balaban J connectivity index is 0.00000192. The van der Waals surface area contributed by atoms with Crippen molar-refractivity contribution in [3.05, 3.63) is 65.7 Å². The first-order valence-electron chi connectivity index (χ1n) is 7.50. The molecule has 2 N–H and O–H groups in total. The zero-order valence-electron chi connectivity index (χ0n) is 13.0. The van der Waals surface area contributed by atoms with Gasteiger partial charge in [0.1, 0.15) is 0 Å². The lowest BCUT2D eigenvalue weighted by atomic mass is 10.0. The Labute approximate surface area is 147 Å². The van der Waals surface area contributed by atoms with Crippen molar-refractivity contribution in [3.63, 3.8) is 0 Å².